The molecule has 7 nitrogen and oxygen atoms in total. The Morgan fingerprint density at radius 2 is 2.05 bits per heavy atom. The second kappa shape index (κ2) is 6.51. The van der Waals surface area contributed by atoms with Gasteiger partial charge in [0.15, 0.2) is 0 Å². The first-order chi connectivity index (χ1) is 9.22. The van der Waals surface area contributed by atoms with E-state index in [1.165, 1.54) is 7.11 Å². The summed E-state index contributed by atoms with van der Waals surface area (Å²) in [4.78, 5) is 24.4. The second-order valence-electron chi connectivity index (χ2n) is 5.62. The highest BCUT2D eigenvalue weighted by Gasteiger charge is 2.20. The van der Waals surface area contributed by atoms with Crippen LogP contribution < -0.4 is 5.32 Å². The third kappa shape index (κ3) is 5.00. The van der Waals surface area contributed by atoms with Crippen LogP contribution in [0.4, 0.5) is 5.88 Å². The first-order valence-corrected chi connectivity index (χ1v) is 6.25. The van der Waals surface area contributed by atoms with Crippen LogP contribution in [0.3, 0.4) is 0 Å². The third-order valence-electron chi connectivity index (χ3n) is 2.58. The number of nitrogens with one attached hydrogen (secondary N) is 1. The molecule has 0 fully saturated rings. The third-order valence-corrected chi connectivity index (χ3v) is 2.58. The lowest BCUT2D eigenvalue weighted by Crippen LogP contribution is -2.34. The SMILES string of the molecule is COC(=O)CN(C)CC(=O)Nc1cc(C(C)(C)C)no1. The summed E-state index contributed by atoms with van der Waals surface area (Å²) in [6, 6.07) is 1.69. The number of likely N-dealkylation sites (N-methyl/N-ethyl adjacent to an activating group) is 1. The molecule has 20 heavy (non-hydrogen) atoms. The molecule has 0 aliphatic rings. The average Bonchev–Trinajstić information content (AvgIpc) is 2.76. The maximum Gasteiger partial charge on any atom is 0.319 e. The summed E-state index contributed by atoms with van der Waals surface area (Å²) in [6.07, 6.45) is 0. The van der Waals surface area contributed by atoms with E-state index in [9.17, 15) is 9.59 Å². The van der Waals surface area contributed by atoms with Crippen LogP contribution >= 0.6 is 0 Å². The number of aromatic nitrogens is 1. The van der Waals surface area contributed by atoms with E-state index < -0.39 is 5.97 Å². The van der Waals surface area contributed by atoms with E-state index in [-0.39, 0.29) is 24.4 Å². The quantitative estimate of drug-likeness (QED) is 0.812. The fraction of sp³-hybridized carbons (Fsp3) is 0.615. The summed E-state index contributed by atoms with van der Waals surface area (Å²) < 4.78 is 9.57. The molecule has 0 aliphatic heterocycles. The average molecular weight is 283 g/mol. The van der Waals surface area contributed by atoms with Gasteiger partial charge in [0.25, 0.3) is 0 Å². The Bertz CT molecular complexity index is 476. The number of esters is 1. The molecule has 1 rings (SSSR count). The Labute approximate surface area is 118 Å². The number of carbonyl (C=O) groups excluding carboxylic acids is 2. The van der Waals surface area contributed by atoms with Crippen molar-refractivity contribution in [2.45, 2.75) is 26.2 Å². The van der Waals surface area contributed by atoms with E-state index in [0.717, 1.165) is 5.69 Å². The van der Waals surface area contributed by atoms with Crippen LogP contribution in [0, 0.1) is 0 Å². The maximum atomic E-state index is 11.8. The van der Waals surface area contributed by atoms with Crippen LogP contribution in [0.15, 0.2) is 10.6 Å². The zero-order valence-electron chi connectivity index (χ0n) is 12.5. The summed E-state index contributed by atoms with van der Waals surface area (Å²) in [5.74, 6) is -0.380. The fourth-order valence-electron chi connectivity index (χ4n) is 1.45. The lowest BCUT2D eigenvalue weighted by molar-refractivity contribution is -0.141. The van der Waals surface area contributed by atoms with Crippen LogP contribution in [0.5, 0.6) is 0 Å². The number of amides is 1. The molecule has 0 spiro atoms. The number of carbonyl (C=O) groups is 2. The van der Waals surface area contributed by atoms with E-state index in [0.29, 0.717) is 5.88 Å². The summed E-state index contributed by atoms with van der Waals surface area (Å²) in [5, 5.41) is 6.50. The molecule has 0 bridgehead atoms. The molecule has 1 heterocycles. The molecular formula is C13H21N3O4. The van der Waals surface area contributed by atoms with E-state index in [1.807, 2.05) is 20.8 Å². The molecule has 0 radical (unpaired) electrons. The highest BCUT2D eigenvalue weighted by atomic mass is 16.5. The molecule has 0 unspecified atom stereocenters. The number of ether oxygens (including phenoxy) is 1. The van der Waals surface area contributed by atoms with Crippen LogP contribution in [-0.2, 0) is 19.7 Å². The van der Waals surface area contributed by atoms with E-state index in [1.54, 1.807) is 18.0 Å². The van der Waals surface area contributed by atoms with E-state index >= 15 is 0 Å². The second-order valence-corrected chi connectivity index (χ2v) is 5.62. The lowest BCUT2D eigenvalue weighted by Gasteiger charge is -2.13. The van der Waals surface area contributed by atoms with Gasteiger partial charge in [0.05, 0.1) is 25.9 Å². The highest BCUT2D eigenvalue weighted by Crippen LogP contribution is 2.23. The minimum atomic E-state index is -0.394. The van der Waals surface area contributed by atoms with Gasteiger partial charge in [0, 0.05) is 11.5 Å². The van der Waals surface area contributed by atoms with Crippen molar-refractivity contribution in [3.8, 4) is 0 Å². The van der Waals surface area contributed by atoms with Crippen molar-refractivity contribution < 1.29 is 18.8 Å². The van der Waals surface area contributed by atoms with Crippen molar-refractivity contribution in [2.75, 3.05) is 32.6 Å². The van der Waals surface area contributed by atoms with Gasteiger partial charge in [-0.05, 0) is 7.05 Å². The molecule has 1 N–H and O–H groups in total. The lowest BCUT2D eigenvalue weighted by atomic mass is 9.92. The van der Waals surface area contributed by atoms with Crippen molar-refractivity contribution in [1.82, 2.24) is 10.1 Å². The van der Waals surface area contributed by atoms with Crippen molar-refractivity contribution in [2.24, 2.45) is 0 Å². The number of nitrogens with zero attached hydrogens (tertiary/aromatic N) is 2. The van der Waals surface area contributed by atoms with Crippen LogP contribution in [0.2, 0.25) is 0 Å². The summed E-state index contributed by atoms with van der Waals surface area (Å²) in [5.41, 5.74) is 0.615. The Morgan fingerprint density at radius 3 is 2.55 bits per heavy atom. The monoisotopic (exact) mass is 283 g/mol. The minimum absolute atomic E-state index is 0.0492. The number of methoxy groups -OCH3 is 1. The normalized spacial score (nSPS) is 11.5. The molecule has 0 saturated heterocycles. The summed E-state index contributed by atoms with van der Waals surface area (Å²) in [7, 11) is 2.95. The molecule has 0 atom stereocenters. The molecule has 7 heteroatoms. The van der Waals surface area contributed by atoms with Crippen molar-refractivity contribution in [3.63, 3.8) is 0 Å². The smallest absolute Gasteiger partial charge is 0.319 e. The van der Waals surface area contributed by atoms with Crippen LogP contribution in [0.1, 0.15) is 26.5 Å². The summed E-state index contributed by atoms with van der Waals surface area (Å²) >= 11 is 0. The van der Waals surface area contributed by atoms with Gasteiger partial charge in [-0.15, -0.1) is 0 Å². The molecule has 1 aromatic rings. The van der Waals surface area contributed by atoms with Gasteiger partial charge in [-0.25, -0.2) is 0 Å². The first-order valence-electron chi connectivity index (χ1n) is 6.25. The van der Waals surface area contributed by atoms with Gasteiger partial charge < -0.3 is 9.26 Å². The Hall–Kier alpha value is -1.89. The molecule has 0 aliphatic carbocycles. The number of hydrogen-bond acceptors (Lipinski definition) is 6. The standard InChI is InChI=1S/C13H21N3O4/c1-13(2,3)9-6-11(20-15-9)14-10(17)7-16(4)8-12(18)19-5/h6H,7-8H2,1-5H3,(H,14,17). The van der Waals surface area contributed by atoms with Gasteiger partial charge in [-0.1, -0.05) is 25.9 Å². The van der Waals surface area contributed by atoms with Crippen LogP contribution in [-0.4, -0.2) is 49.2 Å². The van der Waals surface area contributed by atoms with Crippen molar-refractivity contribution in [3.05, 3.63) is 11.8 Å². The topological polar surface area (TPSA) is 84.7 Å². The molecule has 0 aromatic carbocycles. The highest BCUT2D eigenvalue weighted by molar-refractivity contribution is 5.91. The largest absolute Gasteiger partial charge is 0.468 e. The zero-order valence-corrected chi connectivity index (χ0v) is 12.5. The first kappa shape index (κ1) is 16.2. The molecule has 1 aromatic heterocycles. The van der Waals surface area contributed by atoms with Crippen LogP contribution in [0.25, 0.3) is 0 Å². The number of anilines is 1. The zero-order chi connectivity index (χ0) is 15.3. The minimum Gasteiger partial charge on any atom is -0.468 e. The van der Waals surface area contributed by atoms with Gasteiger partial charge >= 0.3 is 5.97 Å². The maximum absolute atomic E-state index is 11.8. The van der Waals surface area contributed by atoms with Crippen molar-refractivity contribution >= 4 is 17.8 Å². The van der Waals surface area contributed by atoms with E-state index in [2.05, 4.69) is 15.2 Å². The summed E-state index contributed by atoms with van der Waals surface area (Å²) in [6.45, 7) is 6.11. The predicted octanol–water partition coefficient (Wildman–Crippen LogP) is 1.02. The molecule has 112 valence electrons. The van der Waals surface area contributed by atoms with Crippen molar-refractivity contribution in [1.29, 1.82) is 0 Å². The Balaban J connectivity index is 2.50. The van der Waals surface area contributed by atoms with Gasteiger partial charge in [0.1, 0.15) is 0 Å². The van der Waals surface area contributed by atoms with Gasteiger partial charge in [-0.2, -0.15) is 0 Å². The molecular weight excluding hydrogens is 262 g/mol. The fourth-order valence-corrected chi connectivity index (χ4v) is 1.45. The van der Waals surface area contributed by atoms with Gasteiger partial charge in [-0.3, -0.25) is 19.8 Å². The number of rotatable bonds is 5. The Morgan fingerprint density at radius 1 is 1.40 bits per heavy atom. The molecule has 0 saturated carbocycles. The number of hydrogen-bond donors (Lipinski definition) is 1. The Kier molecular flexibility index (Phi) is 5.26. The van der Waals surface area contributed by atoms with Gasteiger partial charge in [0.2, 0.25) is 11.8 Å². The predicted molar refractivity (Wildman–Crippen MR) is 73.3 cm³/mol. The van der Waals surface area contributed by atoms with E-state index in [4.69, 9.17) is 4.52 Å². The molecule has 1 amide bonds.